The number of alkyl carbamates (subject to hydrolysis) is 1. The van der Waals surface area contributed by atoms with Gasteiger partial charge in [0.25, 0.3) is 0 Å². The number of ether oxygens (including phenoxy) is 1. The van der Waals surface area contributed by atoms with Crippen LogP contribution in [0.5, 0.6) is 0 Å². The van der Waals surface area contributed by atoms with Crippen LogP contribution in [0, 0.1) is 0 Å². The molecule has 0 saturated heterocycles. The molecule has 0 aliphatic carbocycles. The van der Waals surface area contributed by atoms with E-state index in [-0.39, 0.29) is 6.90 Å². The van der Waals surface area contributed by atoms with Gasteiger partial charge in [-0.3, -0.25) is 4.79 Å². The third kappa shape index (κ3) is 6.63. The molecule has 0 aromatic heterocycles. The van der Waals surface area contributed by atoms with Gasteiger partial charge in [0.15, 0.2) is 0 Å². The van der Waals surface area contributed by atoms with Crippen molar-refractivity contribution in [2.75, 3.05) is 0 Å². The predicted molar refractivity (Wildman–Crippen MR) is 53.0 cm³/mol. The second-order valence-electron chi connectivity index (χ2n) is 3.78. The lowest BCUT2D eigenvalue weighted by Gasteiger charge is -2.21. The van der Waals surface area contributed by atoms with Gasteiger partial charge in [0.1, 0.15) is 11.6 Å². The van der Waals surface area contributed by atoms with Crippen molar-refractivity contribution < 1.29 is 30.7 Å². The topological polar surface area (TPSA) is 113 Å². The number of aliphatic carboxylic acids is 2. The second kappa shape index (κ2) is 5.34. The van der Waals surface area contributed by atoms with Gasteiger partial charge in [-0.05, 0) is 20.7 Å². The van der Waals surface area contributed by atoms with Crippen molar-refractivity contribution in [2.45, 2.75) is 38.8 Å². The van der Waals surface area contributed by atoms with Gasteiger partial charge in [-0.15, -0.1) is 0 Å². The van der Waals surface area contributed by atoms with Crippen molar-refractivity contribution in [1.29, 1.82) is 0 Å². The minimum atomic E-state index is -1.55. The summed E-state index contributed by atoms with van der Waals surface area (Å²) in [7, 11) is 0. The van der Waals surface area contributed by atoms with Crippen molar-refractivity contribution in [1.82, 2.24) is 5.32 Å². The Bertz CT molecular complexity index is 317. The van der Waals surface area contributed by atoms with Crippen LogP contribution in [-0.2, 0) is 14.3 Å². The van der Waals surface area contributed by atoms with Crippen LogP contribution in [0.15, 0.2) is 0 Å². The molecule has 0 aromatic carbocycles. The molecule has 0 unspecified atom stereocenters. The Morgan fingerprint density at radius 3 is 2.38 bits per heavy atom. The van der Waals surface area contributed by atoms with Crippen molar-refractivity contribution in [3.8, 4) is 0 Å². The summed E-state index contributed by atoms with van der Waals surface area (Å²) in [5.41, 5.74) is -1.06. The number of hydrogen-bond acceptors (Lipinski definition) is 4. The number of carbonyl (C=O) groups is 3. The minimum absolute atomic E-state index is 0.197. The van der Waals surface area contributed by atoms with E-state index in [2.05, 4.69) is 0 Å². The van der Waals surface area contributed by atoms with Gasteiger partial charge in [0, 0.05) is 1.37 Å². The molecule has 0 fully saturated rings. The zero-order valence-corrected chi connectivity index (χ0v) is 9.02. The molecule has 1 amide bonds. The number of carbonyl (C=O) groups excluding carboxylic acids is 1. The molecular formula is C9H15NO6. The van der Waals surface area contributed by atoms with Crippen molar-refractivity contribution in [3.05, 3.63) is 0 Å². The highest BCUT2D eigenvalue weighted by atomic mass is 16.6. The standard InChI is InChI=1S/C9H15NO6/c1-9(2,3)16-8(15)10-5(7(13)14)4-6(11)12/h5H,4H2,1-3H3,(H,10,15)(H,11,12)(H,13,14)/t5-/m0/s1/i1D. The molecule has 0 rings (SSSR count). The highest BCUT2D eigenvalue weighted by molar-refractivity contribution is 5.84. The van der Waals surface area contributed by atoms with E-state index < -0.39 is 36.1 Å². The zero-order valence-electron chi connectivity index (χ0n) is 10.0. The fraction of sp³-hybridized carbons (Fsp3) is 0.667. The van der Waals surface area contributed by atoms with Crippen molar-refractivity contribution in [2.24, 2.45) is 0 Å². The zero-order chi connectivity index (χ0) is 13.6. The molecule has 0 radical (unpaired) electrons. The Labute approximate surface area is 93.8 Å². The van der Waals surface area contributed by atoms with E-state index in [1.807, 2.05) is 5.32 Å². The van der Waals surface area contributed by atoms with Crippen LogP contribution in [0.3, 0.4) is 0 Å². The van der Waals surface area contributed by atoms with E-state index in [0.29, 0.717) is 0 Å². The number of rotatable bonds is 4. The summed E-state index contributed by atoms with van der Waals surface area (Å²) in [4.78, 5) is 32.2. The number of amides is 1. The van der Waals surface area contributed by atoms with E-state index in [0.717, 1.165) is 0 Å². The average molecular weight is 234 g/mol. The largest absolute Gasteiger partial charge is 0.481 e. The van der Waals surface area contributed by atoms with Gasteiger partial charge >= 0.3 is 18.0 Å². The van der Waals surface area contributed by atoms with E-state index in [4.69, 9.17) is 16.3 Å². The van der Waals surface area contributed by atoms with Crippen LogP contribution < -0.4 is 5.32 Å². The van der Waals surface area contributed by atoms with Gasteiger partial charge < -0.3 is 20.3 Å². The molecule has 0 spiro atoms. The highest BCUT2D eigenvalue weighted by Crippen LogP contribution is 2.07. The molecule has 0 saturated carbocycles. The fourth-order valence-corrected chi connectivity index (χ4v) is 0.797. The first-order valence-corrected chi connectivity index (χ1v) is 4.41. The van der Waals surface area contributed by atoms with E-state index in [1.165, 1.54) is 13.8 Å². The summed E-state index contributed by atoms with van der Waals surface area (Å²) in [5, 5.41) is 19.0. The van der Waals surface area contributed by atoms with Crippen molar-refractivity contribution in [3.63, 3.8) is 0 Å². The third-order valence-electron chi connectivity index (χ3n) is 1.34. The molecule has 7 nitrogen and oxygen atoms in total. The van der Waals surface area contributed by atoms with Crippen LogP contribution in [0.1, 0.15) is 28.5 Å². The summed E-state index contributed by atoms with van der Waals surface area (Å²) >= 11 is 0. The maximum absolute atomic E-state index is 11.2. The quantitative estimate of drug-likeness (QED) is 0.650. The summed E-state index contributed by atoms with van der Waals surface area (Å²) < 4.78 is 11.8. The maximum Gasteiger partial charge on any atom is 0.408 e. The minimum Gasteiger partial charge on any atom is -0.481 e. The first kappa shape index (κ1) is 12.3. The van der Waals surface area contributed by atoms with Crippen LogP contribution in [0.25, 0.3) is 0 Å². The normalized spacial score (nSPS) is 13.5. The van der Waals surface area contributed by atoms with Crippen LogP contribution in [0.4, 0.5) is 4.79 Å². The van der Waals surface area contributed by atoms with Crippen molar-refractivity contribution >= 4 is 18.0 Å². The molecule has 1 atom stereocenters. The lowest BCUT2D eigenvalue weighted by molar-refractivity contribution is -0.145. The predicted octanol–water partition coefficient (Wildman–Crippen LogP) is 0.439. The Morgan fingerprint density at radius 2 is 2.00 bits per heavy atom. The smallest absolute Gasteiger partial charge is 0.408 e. The monoisotopic (exact) mass is 234 g/mol. The Morgan fingerprint density at radius 1 is 1.44 bits per heavy atom. The van der Waals surface area contributed by atoms with Gasteiger partial charge in [-0.25, -0.2) is 9.59 Å². The molecule has 92 valence electrons. The molecule has 0 aromatic rings. The van der Waals surface area contributed by atoms with Crippen LogP contribution in [0.2, 0.25) is 0 Å². The Balaban J connectivity index is 4.41. The second-order valence-corrected chi connectivity index (χ2v) is 3.78. The van der Waals surface area contributed by atoms with E-state index in [1.54, 1.807) is 0 Å². The number of hydrogen-bond donors (Lipinski definition) is 3. The number of carboxylic acids is 2. The summed E-state index contributed by atoms with van der Waals surface area (Å²) in [6.45, 7) is 2.76. The molecule has 0 bridgehead atoms. The molecule has 0 heterocycles. The molecule has 0 aliphatic heterocycles. The maximum atomic E-state index is 11.2. The third-order valence-corrected chi connectivity index (χ3v) is 1.34. The Kier molecular flexibility index (Phi) is 4.10. The highest BCUT2D eigenvalue weighted by Gasteiger charge is 2.25. The number of carboxylic acid groups (broad SMARTS) is 2. The fourth-order valence-electron chi connectivity index (χ4n) is 0.797. The SMILES string of the molecule is [2H]CC(C)(C)OC(=O)N[C@@H](CC(=O)O)C(=O)O. The lowest BCUT2D eigenvalue weighted by Crippen LogP contribution is -2.44. The average Bonchev–Trinajstić information content (AvgIpc) is 2.15. The molecule has 16 heavy (non-hydrogen) atoms. The number of nitrogens with one attached hydrogen (secondary N) is 1. The van der Waals surface area contributed by atoms with Crippen LogP contribution >= 0.6 is 0 Å². The first-order valence-electron chi connectivity index (χ1n) is 5.12. The first-order chi connectivity index (χ1) is 7.68. The summed E-state index contributed by atoms with van der Waals surface area (Å²) in [5.74, 6) is -2.81. The summed E-state index contributed by atoms with van der Waals surface area (Å²) in [6, 6.07) is -1.55. The molecule has 3 N–H and O–H groups in total. The van der Waals surface area contributed by atoms with Crippen LogP contribution in [-0.4, -0.2) is 39.9 Å². The van der Waals surface area contributed by atoms with E-state index in [9.17, 15) is 14.4 Å². The lowest BCUT2D eigenvalue weighted by atomic mass is 10.2. The van der Waals surface area contributed by atoms with Gasteiger partial charge in [0.05, 0.1) is 6.42 Å². The van der Waals surface area contributed by atoms with Gasteiger partial charge in [-0.2, -0.15) is 0 Å². The van der Waals surface area contributed by atoms with Gasteiger partial charge in [-0.1, -0.05) is 0 Å². The Hall–Kier alpha value is -1.79. The van der Waals surface area contributed by atoms with Gasteiger partial charge in [0.2, 0.25) is 0 Å². The summed E-state index contributed by atoms with van der Waals surface area (Å²) in [6.07, 6.45) is -1.80. The molecule has 7 heteroatoms. The van der Waals surface area contributed by atoms with E-state index >= 15 is 0 Å². The molecule has 0 aliphatic rings. The molecular weight excluding hydrogens is 218 g/mol.